The summed E-state index contributed by atoms with van der Waals surface area (Å²) in [6.07, 6.45) is 6.29. The van der Waals surface area contributed by atoms with Crippen molar-refractivity contribution in [2.75, 3.05) is 0 Å². The smallest absolute Gasteiger partial charge is 0.102 e. The van der Waals surface area contributed by atoms with Crippen LogP contribution in [0.5, 0.6) is 0 Å². The van der Waals surface area contributed by atoms with Crippen LogP contribution >= 0.6 is 0 Å². The first kappa shape index (κ1) is 9.92. The maximum absolute atomic E-state index is 8.69. The second-order valence-electron chi connectivity index (χ2n) is 2.77. The number of hydrogen-bond donors (Lipinski definition) is 2. The van der Waals surface area contributed by atoms with Crippen LogP contribution in [-0.4, -0.2) is 11.3 Å². The van der Waals surface area contributed by atoms with Crippen LogP contribution in [0.3, 0.4) is 0 Å². The number of hydrogen-bond acceptors (Lipinski definition) is 2. The number of unbranched alkanes of at least 4 members (excludes halogenated alkanes) is 4. The highest BCUT2D eigenvalue weighted by atomic mass is 16.3. The molecule has 0 amide bonds. The van der Waals surface area contributed by atoms with E-state index >= 15 is 0 Å². The van der Waals surface area contributed by atoms with Crippen molar-refractivity contribution in [2.45, 2.75) is 51.7 Å². The summed E-state index contributed by atoms with van der Waals surface area (Å²) in [6, 6.07) is 0. The second kappa shape index (κ2) is 7.03. The lowest BCUT2D eigenvalue weighted by Crippen LogP contribution is -2.17. The Morgan fingerprint density at radius 1 is 1.20 bits per heavy atom. The van der Waals surface area contributed by atoms with Crippen molar-refractivity contribution in [2.24, 2.45) is 5.73 Å². The number of rotatable bonds is 6. The minimum Gasteiger partial charge on any atom is -0.379 e. The fraction of sp³-hybridized carbons (Fsp3) is 1.00. The fourth-order valence-corrected chi connectivity index (χ4v) is 0.957. The monoisotopic (exact) mass is 145 g/mol. The first-order chi connectivity index (χ1) is 4.77. The van der Waals surface area contributed by atoms with E-state index in [0.717, 1.165) is 12.8 Å². The molecule has 1 unspecified atom stereocenters. The molecule has 0 aliphatic rings. The zero-order valence-corrected chi connectivity index (χ0v) is 6.84. The predicted octanol–water partition coefficient (Wildman–Crippen LogP) is 1.62. The van der Waals surface area contributed by atoms with E-state index in [1.165, 1.54) is 25.7 Å². The van der Waals surface area contributed by atoms with Crippen molar-refractivity contribution in [3.63, 3.8) is 0 Å². The normalized spacial score (nSPS) is 13.5. The minimum atomic E-state index is -0.596. The van der Waals surface area contributed by atoms with E-state index in [9.17, 15) is 0 Å². The van der Waals surface area contributed by atoms with Gasteiger partial charge in [0.2, 0.25) is 0 Å². The van der Waals surface area contributed by atoms with Gasteiger partial charge in [-0.2, -0.15) is 0 Å². The molecule has 0 saturated heterocycles. The van der Waals surface area contributed by atoms with Crippen LogP contribution in [0.2, 0.25) is 0 Å². The molecule has 62 valence electrons. The van der Waals surface area contributed by atoms with Crippen LogP contribution in [-0.2, 0) is 0 Å². The molecule has 0 bridgehead atoms. The van der Waals surface area contributed by atoms with Gasteiger partial charge >= 0.3 is 0 Å². The quantitative estimate of drug-likeness (QED) is 0.440. The van der Waals surface area contributed by atoms with Crippen molar-refractivity contribution in [1.29, 1.82) is 0 Å². The summed E-state index contributed by atoms with van der Waals surface area (Å²) in [5.41, 5.74) is 5.16. The molecule has 0 saturated carbocycles. The lowest BCUT2D eigenvalue weighted by molar-refractivity contribution is 0.168. The summed E-state index contributed by atoms with van der Waals surface area (Å²) < 4.78 is 0. The maximum Gasteiger partial charge on any atom is 0.102 e. The van der Waals surface area contributed by atoms with Gasteiger partial charge in [-0.15, -0.1) is 0 Å². The summed E-state index contributed by atoms with van der Waals surface area (Å²) in [4.78, 5) is 0. The Hall–Kier alpha value is -0.0800. The van der Waals surface area contributed by atoms with Gasteiger partial charge in [0.05, 0.1) is 0 Å². The molecule has 0 aliphatic carbocycles. The summed E-state index contributed by atoms with van der Waals surface area (Å²) in [5.74, 6) is 0. The SMILES string of the molecule is CCCCCCCC(N)O. The summed E-state index contributed by atoms with van der Waals surface area (Å²) in [5, 5.41) is 8.69. The number of aliphatic hydroxyl groups is 1. The van der Waals surface area contributed by atoms with Crippen LogP contribution in [0.15, 0.2) is 0 Å². The van der Waals surface area contributed by atoms with E-state index in [0.29, 0.717) is 0 Å². The van der Waals surface area contributed by atoms with Gasteiger partial charge in [-0.25, -0.2) is 0 Å². The molecule has 1 atom stereocenters. The third-order valence-corrected chi connectivity index (χ3v) is 1.60. The van der Waals surface area contributed by atoms with Gasteiger partial charge in [-0.1, -0.05) is 32.6 Å². The average Bonchev–Trinajstić information content (AvgIpc) is 1.87. The lowest BCUT2D eigenvalue weighted by Gasteiger charge is -2.02. The highest BCUT2D eigenvalue weighted by Gasteiger charge is 1.94. The van der Waals surface area contributed by atoms with Gasteiger partial charge in [0, 0.05) is 0 Å². The van der Waals surface area contributed by atoms with E-state index in [1.54, 1.807) is 0 Å². The largest absolute Gasteiger partial charge is 0.379 e. The Labute approximate surface area is 63.4 Å². The van der Waals surface area contributed by atoms with Crippen molar-refractivity contribution in [3.05, 3.63) is 0 Å². The van der Waals surface area contributed by atoms with Crippen molar-refractivity contribution in [1.82, 2.24) is 0 Å². The molecule has 2 nitrogen and oxygen atoms in total. The Kier molecular flexibility index (Phi) is 6.98. The predicted molar refractivity (Wildman–Crippen MR) is 43.6 cm³/mol. The highest BCUT2D eigenvalue weighted by molar-refractivity contribution is 4.47. The van der Waals surface area contributed by atoms with Crippen LogP contribution in [0.4, 0.5) is 0 Å². The second-order valence-corrected chi connectivity index (χ2v) is 2.77. The van der Waals surface area contributed by atoms with Crippen LogP contribution < -0.4 is 5.73 Å². The molecule has 2 heteroatoms. The van der Waals surface area contributed by atoms with E-state index in [2.05, 4.69) is 6.92 Å². The molecular formula is C8H19NO. The summed E-state index contributed by atoms with van der Waals surface area (Å²) >= 11 is 0. The zero-order chi connectivity index (χ0) is 7.82. The molecule has 0 aromatic heterocycles. The Morgan fingerprint density at radius 3 is 2.30 bits per heavy atom. The fourth-order valence-electron chi connectivity index (χ4n) is 0.957. The lowest BCUT2D eigenvalue weighted by atomic mass is 10.1. The van der Waals surface area contributed by atoms with Gasteiger partial charge in [-0.05, 0) is 12.8 Å². The Balaban J connectivity index is 2.77. The van der Waals surface area contributed by atoms with E-state index in [-0.39, 0.29) is 0 Å². The minimum absolute atomic E-state index is 0.596. The van der Waals surface area contributed by atoms with Crippen LogP contribution in [0.1, 0.15) is 45.4 Å². The number of aliphatic hydroxyl groups excluding tert-OH is 1. The number of nitrogens with two attached hydrogens (primary N) is 1. The van der Waals surface area contributed by atoms with Crippen molar-refractivity contribution in [3.8, 4) is 0 Å². The molecule has 0 heterocycles. The zero-order valence-electron chi connectivity index (χ0n) is 6.84. The van der Waals surface area contributed by atoms with E-state index in [1.807, 2.05) is 0 Å². The maximum atomic E-state index is 8.69. The first-order valence-electron chi connectivity index (χ1n) is 4.21. The van der Waals surface area contributed by atoms with E-state index < -0.39 is 6.23 Å². The molecule has 0 spiro atoms. The summed E-state index contributed by atoms with van der Waals surface area (Å²) in [7, 11) is 0. The van der Waals surface area contributed by atoms with Gasteiger partial charge in [-0.3, -0.25) is 0 Å². The first-order valence-corrected chi connectivity index (χ1v) is 4.21. The van der Waals surface area contributed by atoms with Gasteiger partial charge in [0.1, 0.15) is 6.23 Å². The summed E-state index contributed by atoms with van der Waals surface area (Å²) in [6.45, 7) is 2.19. The van der Waals surface area contributed by atoms with Crippen molar-refractivity contribution < 1.29 is 5.11 Å². The molecular weight excluding hydrogens is 126 g/mol. The van der Waals surface area contributed by atoms with Gasteiger partial charge in [0.25, 0.3) is 0 Å². The van der Waals surface area contributed by atoms with Gasteiger partial charge in [0.15, 0.2) is 0 Å². The molecule has 0 aromatic rings. The van der Waals surface area contributed by atoms with Crippen molar-refractivity contribution >= 4 is 0 Å². The molecule has 0 rings (SSSR count). The molecule has 3 N–H and O–H groups in total. The Morgan fingerprint density at radius 2 is 1.80 bits per heavy atom. The molecule has 0 aromatic carbocycles. The average molecular weight is 145 g/mol. The van der Waals surface area contributed by atoms with Crippen LogP contribution in [0, 0.1) is 0 Å². The highest BCUT2D eigenvalue weighted by Crippen LogP contribution is 2.04. The van der Waals surface area contributed by atoms with Gasteiger partial charge < -0.3 is 10.8 Å². The standard InChI is InChI=1S/C8H19NO/c1-2-3-4-5-6-7-8(9)10/h8,10H,2-7,9H2,1H3. The van der Waals surface area contributed by atoms with Crippen LogP contribution in [0.25, 0.3) is 0 Å². The van der Waals surface area contributed by atoms with E-state index in [4.69, 9.17) is 10.8 Å². The Bertz CT molecular complexity index is 64.3. The topological polar surface area (TPSA) is 46.2 Å². The third kappa shape index (κ3) is 7.92. The molecule has 0 fully saturated rings. The molecule has 10 heavy (non-hydrogen) atoms. The molecule has 0 radical (unpaired) electrons. The third-order valence-electron chi connectivity index (χ3n) is 1.60. The molecule has 0 aliphatic heterocycles.